The van der Waals surface area contributed by atoms with Gasteiger partial charge in [0, 0.05) is 11.1 Å². The highest BCUT2D eigenvalue weighted by Crippen LogP contribution is 2.21. The van der Waals surface area contributed by atoms with Crippen molar-refractivity contribution in [3.63, 3.8) is 0 Å². The highest BCUT2D eigenvalue weighted by molar-refractivity contribution is 6.31. The van der Waals surface area contributed by atoms with Crippen molar-refractivity contribution in [3.05, 3.63) is 28.8 Å². The second-order valence-electron chi connectivity index (χ2n) is 5.03. The van der Waals surface area contributed by atoms with E-state index in [1.165, 1.54) is 0 Å². The minimum absolute atomic E-state index is 0.390. The van der Waals surface area contributed by atoms with Crippen molar-refractivity contribution in [2.75, 3.05) is 13.2 Å². The van der Waals surface area contributed by atoms with E-state index in [1.807, 2.05) is 25.1 Å². The standard InChI is InChI=1S/C15H24ClNO/c1-5-8-17-15(11(2)3)10-18-13-6-7-14(16)12(4)9-13/h6-7,9,11,15,17H,5,8,10H2,1-4H3. The van der Waals surface area contributed by atoms with Crippen LogP contribution in [0.25, 0.3) is 0 Å². The zero-order valence-electron chi connectivity index (χ0n) is 11.8. The minimum Gasteiger partial charge on any atom is -0.492 e. The average Bonchev–Trinajstić information content (AvgIpc) is 2.33. The Morgan fingerprint density at radius 1 is 1.33 bits per heavy atom. The Labute approximate surface area is 116 Å². The van der Waals surface area contributed by atoms with Crippen LogP contribution in [0.4, 0.5) is 0 Å². The molecule has 2 nitrogen and oxygen atoms in total. The Kier molecular flexibility index (Phi) is 6.51. The molecule has 1 N–H and O–H groups in total. The normalized spacial score (nSPS) is 12.8. The summed E-state index contributed by atoms with van der Waals surface area (Å²) in [6.45, 7) is 10.3. The van der Waals surface area contributed by atoms with Gasteiger partial charge in [-0.25, -0.2) is 0 Å². The molecule has 0 aliphatic carbocycles. The van der Waals surface area contributed by atoms with Crippen LogP contribution in [0.5, 0.6) is 5.75 Å². The Hall–Kier alpha value is -0.730. The third-order valence-electron chi connectivity index (χ3n) is 3.02. The van der Waals surface area contributed by atoms with Crippen molar-refractivity contribution < 1.29 is 4.74 Å². The van der Waals surface area contributed by atoms with Crippen LogP contribution in [-0.2, 0) is 0 Å². The first-order chi connectivity index (χ1) is 8.54. The maximum Gasteiger partial charge on any atom is 0.119 e. The minimum atomic E-state index is 0.390. The molecule has 0 aliphatic heterocycles. The lowest BCUT2D eigenvalue weighted by molar-refractivity contribution is 0.230. The first kappa shape index (κ1) is 15.3. The van der Waals surface area contributed by atoms with Crippen molar-refractivity contribution >= 4 is 11.6 Å². The lowest BCUT2D eigenvalue weighted by Crippen LogP contribution is -2.39. The lowest BCUT2D eigenvalue weighted by atomic mass is 10.1. The highest BCUT2D eigenvalue weighted by atomic mass is 35.5. The summed E-state index contributed by atoms with van der Waals surface area (Å²) >= 11 is 5.99. The third-order valence-corrected chi connectivity index (χ3v) is 3.44. The van der Waals surface area contributed by atoms with E-state index in [0.29, 0.717) is 18.6 Å². The number of rotatable bonds is 7. The summed E-state index contributed by atoms with van der Waals surface area (Å²) in [6, 6.07) is 6.18. The Balaban J connectivity index is 2.52. The molecule has 0 amide bonds. The average molecular weight is 270 g/mol. The van der Waals surface area contributed by atoms with E-state index >= 15 is 0 Å². The van der Waals surface area contributed by atoms with E-state index < -0.39 is 0 Å². The van der Waals surface area contributed by atoms with E-state index in [0.717, 1.165) is 29.3 Å². The van der Waals surface area contributed by atoms with E-state index in [-0.39, 0.29) is 0 Å². The smallest absolute Gasteiger partial charge is 0.119 e. The fraction of sp³-hybridized carbons (Fsp3) is 0.600. The second-order valence-corrected chi connectivity index (χ2v) is 5.43. The summed E-state index contributed by atoms with van der Waals surface area (Å²) in [7, 11) is 0. The van der Waals surface area contributed by atoms with Gasteiger partial charge >= 0.3 is 0 Å². The molecule has 0 saturated heterocycles. The molecule has 1 unspecified atom stereocenters. The molecule has 0 aromatic heterocycles. The Bertz CT molecular complexity index is 366. The van der Waals surface area contributed by atoms with Crippen molar-refractivity contribution in [1.82, 2.24) is 5.32 Å². The molecule has 3 heteroatoms. The van der Waals surface area contributed by atoms with Gasteiger partial charge in [-0.15, -0.1) is 0 Å². The van der Waals surface area contributed by atoms with Gasteiger partial charge in [-0.05, 0) is 49.6 Å². The van der Waals surface area contributed by atoms with Crippen LogP contribution < -0.4 is 10.1 Å². The molecular formula is C15H24ClNO. The zero-order chi connectivity index (χ0) is 13.5. The number of ether oxygens (including phenoxy) is 1. The maximum absolute atomic E-state index is 5.99. The Morgan fingerprint density at radius 3 is 2.61 bits per heavy atom. The van der Waals surface area contributed by atoms with Crippen LogP contribution in [-0.4, -0.2) is 19.2 Å². The molecule has 1 aromatic rings. The lowest BCUT2D eigenvalue weighted by Gasteiger charge is -2.22. The molecule has 1 aromatic carbocycles. The van der Waals surface area contributed by atoms with Gasteiger partial charge in [0.15, 0.2) is 0 Å². The van der Waals surface area contributed by atoms with Gasteiger partial charge in [0.05, 0.1) is 0 Å². The molecule has 1 rings (SSSR count). The van der Waals surface area contributed by atoms with Crippen LogP contribution in [0.3, 0.4) is 0 Å². The third kappa shape index (κ3) is 4.87. The molecule has 1 atom stereocenters. The Morgan fingerprint density at radius 2 is 2.06 bits per heavy atom. The van der Waals surface area contributed by atoms with Gasteiger partial charge in [-0.1, -0.05) is 32.4 Å². The number of halogens is 1. The molecule has 0 fully saturated rings. The first-order valence-corrected chi connectivity index (χ1v) is 7.04. The summed E-state index contributed by atoms with van der Waals surface area (Å²) in [5.41, 5.74) is 1.05. The number of benzene rings is 1. The predicted molar refractivity (Wildman–Crippen MR) is 78.6 cm³/mol. The second kappa shape index (κ2) is 7.65. The van der Waals surface area contributed by atoms with Crippen LogP contribution in [0.2, 0.25) is 5.02 Å². The van der Waals surface area contributed by atoms with Gasteiger partial charge in [0.1, 0.15) is 12.4 Å². The van der Waals surface area contributed by atoms with Crippen LogP contribution >= 0.6 is 11.6 Å². The summed E-state index contributed by atoms with van der Waals surface area (Å²) < 4.78 is 5.84. The van der Waals surface area contributed by atoms with Crippen LogP contribution in [0.1, 0.15) is 32.8 Å². The monoisotopic (exact) mass is 269 g/mol. The van der Waals surface area contributed by atoms with Gasteiger partial charge in [0.25, 0.3) is 0 Å². The number of hydrogen-bond donors (Lipinski definition) is 1. The molecule has 0 spiro atoms. The molecule has 0 radical (unpaired) electrons. The number of nitrogens with one attached hydrogen (secondary N) is 1. The van der Waals surface area contributed by atoms with Gasteiger partial charge in [-0.3, -0.25) is 0 Å². The van der Waals surface area contributed by atoms with Gasteiger partial charge in [0.2, 0.25) is 0 Å². The molecular weight excluding hydrogens is 246 g/mol. The summed E-state index contributed by atoms with van der Waals surface area (Å²) in [5, 5.41) is 4.30. The van der Waals surface area contributed by atoms with Crippen molar-refractivity contribution in [2.24, 2.45) is 5.92 Å². The molecule has 0 heterocycles. The molecule has 18 heavy (non-hydrogen) atoms. The molecule has 0 aliphatic rings. The van der Waals surface area contributed by atoms with Crippen molar-refractivity contribution in [1.29, 1.82) is 0 Å². The predicted octanol–water partition coefficient (Wildman–Crippen LogP) is 4.05. The number of aryl methyl sites for hydroxylation is 1. The van der Waals surface area contributed by atoms with E-state index in [2.05, 4.69) is 26.1 Å². The van der Waals surface area contributed by atoms with Crippen LogP contribution in [0, 0.1) is 12.8 Å². The number of hydrogen-bond acceptors (Lipinski definition) is 2. The maximum atomic E-state index is 5.99. The summed E-state index contributed by atoms with van der Waals surface area (Å²) in [5.74, 6) is 1.45. The largest absolute Gasteiger partial charge is 0.492 e. The summed E-state index contributed by atoms with van der Waals surface area (Å²) in [4.78, 5) is 0. The van der Waals surface area contributed by atoms with E-state index in [9.17, 15) is 0 Å². The van der Waals surface area contributed by atoms with E-state index in [1.54, 1.807) is 0 Å². The fourth-order valence-corrected chi connectivity index (χ4v) is 1.83. The summed E-state index contributed by atoms with van der Waals surface area (Å²) in [6.07, 6.45) is 1.14. The first-order valence-electron chi connectivity index (χ1n) is 6.67. The van der Waals surface area contributed by atoms with Gasteiger partial charge in [-0.2, -0.15) is 0 Å². The highest BCUT2D eigenvalue weighted by Gasteiger charge is 2.13. The van der Waals surface area contributed by atoms with E-state index in [4.69, 9.17) is 16.3 Å². The van der Waals surface area contributed by atoms with Gasteiger partial charge < -0.3 is 10.1 Å². The van der Waals surface area contributed by atoms with Crippen LogP contribution in [0.15, 0.2) is 18.2 Å². The topological polar surface area (TPSA) is 21.3 Å². The fourth-order valence-electron chi connectivity index (χ4n) is 1.71. The molecule has 0 bridgehead atoms. The van der Waals surface area contributed by atoms with Crippen molar-refractivity contribution in [2.45, 2.75) is 40.2 Å². The van der Waals surface area contributed by atoms with Crippen molar-refractivity contribution in [3.8, 4) is 5.75 Å². The quantitative estimate of drug-likeness (QED) is 0.806. The SMILES string of the molecule is CCCNC(COc1ccc(Cl)c(C)c1)C(C)C. The molecule has 0 saturated carbocycles. The molecule has 102 valence electrons. The zero-order valence-corrected chi connectivity index (χ0v) is 12.6.